The Morgan fingerprint density at radius 2 is 1.13 bits per heavy atom. The monoisotopic (exact) mass is 299 g/mol. The number of nitrogens with zero attached hydrogens (tertiary/aromatic N) is 1. The molecule has 0 spiro atoms. The number of rotatable bonds is 3. The molecule has 0 saturated heterocycles. The van der Waals surface area contributed by atoms with Gasteiger partial charge in [-0.05, 0) is 60.7 Å². The first-order chi connectivity index (χ1) is 11.1. The molecule has 0 saturated carbocycles. The lowest BCUT2D eigenvalue weighted by Gasteiger charge is -2.12. The fourth-order valence-corrected chi connectivity index (χ4v) is 2.84. The van der Waals surface area contributed by atoms with Crippen LogP contribution in [0.25, 0.3) is 16.7 Å². The number of benzene rings is 2. The number of pyridine rings is 1. The van der Waals surface area contributed by atoms with Gasteiger partial charge in [-0.3, -0.25) is 4.98 Å². The Bertz CT molecular complexity index is 806. The number of hydrogen-bond acceptors (Lipinski definition) is 1. The van der Waals surface area contributed by atoms with E-state index >= 15 is 0 Å². The zero-order chi connectivity index (χ0) is 16.2. The van der Waals surface area contributed by atoms with Gasteiger partial charge in [0, 0.05) is 12.4 Å². The molecule has 1 nitrogen and oxygen atoms in total. The van der Waals surface area contributed by atoms with Crippen LogP contribution in [0.15, 0.2) is 78.6 Å². The van der Waals surface area contributed by atoms with E-state index in [0.29, 0.717) is 0 Å². The van der Waals surface area contributed by atoms with E-state index in [1.165, 1.54) is 39.0 Å². The van der Waals surface area contributed by atoms with Gasteiger partial charge in [0.25, 0.3) is 0 Å². The average molecular weight is 299 g/mol. The van der Waals surface area contributed by atoms with E-state index in [1.807, 2.05) is 12.4 Å². The van der Waals surface area contributed by atoms with Crippen molar-refractivity contribution in [1.29, 1.82) is 0 Å². The van der Waals surface area contributed by atoms with Gasteiger partial charge >= 0.3 is 0 Å². The second kappa shape index (κ2) is 6.62. The van der Waals surface area contributed by atoms with Gasteiger partial charge in [0.05, 0.1) is 0 Å². The summed E-state index contributed by atoms with van der Waals surface area (Å²) < 4.78 is 0. The van der Waals surface area contributed by atoms with Crippen molar-refractivity contribution < 1.29 is 0 Å². The fourth-order valence-electron chi connectivity index (χ4n) is 2.84. The highest BCUT2D eigenvalue weighted by atomic mass is 14.6. The minimum absolute atomic E-state index is 1.21. The molecule has 2 aromatic carbocycles. The van der Waals surface area contributed by atoms with Gasteiger partial charge in [0.15, 0.2) is 0 Å². The third-order valence-electron chi connectivity index (χ3n) is 4.03. The average Bonchev–Trinajstić information content (AvgIpc) is 2.57. The highest BCUT2D eigenvalue weighted by molar-refractivity contribution is 5.82. The molecule has 0 N–H and O–H groups in total. The first-order valence-corrected chi connectivity index (χ1v) is 7.90. The number of aryl methyl sites for hydroxylation is 1. The molecule has 0 aliphatic rings. The van der Waals surface area contributed by atoms with Crippen LogP contribution in [0, 0.1) is 6.92 Å². The molecule has 114 valence electrons. The lowest BCUT2D eigenvalue weighted by Crippen LogP contribution is -1.91. The van der Waals surface area contributed by atoms with Crippen molar-refractivity contribution in [2.45, 2.75) is 20.8 Å². The summed E-state index contributed by atoms with van der Waals surface area (Å²) in [6, 6.07) is 21.6. The van der Waals surface area contributed by atoms with Gasteiger partial charge in [0.1, 0.15) is 0 Å². The molecule has 3 aromatic rings. The third kappa shape index (κ3) is 3.40. The van der Waals surface area contributed by atoms with Gasteiger partial charge in [-0.2, -0.15) is 0 Å². The van der Waals surface area contributed by atoms with Crippen molar-refractivity contribution in [3.05, 3.63) is 95.3 Å². The van der Waals surface area contributed by atoms with E-state index in [2.05, 4.69) is 86.4 Å². The Morgan fingerprint density at radius 3 is 1.65 bits per heavy atom. The van der Waals surface area contributed by atoms with E-state index in [1.54, 1.807) is 0 Å². The lowest BCUT2D eigenvalue weighted by molar-refractivity contribution is 1.30. The second-order valence-corrected chi connectivity index (χ2v) is 6.05. The summed E-state index contributed by atoms with van der Waals surface area (Å²) >= 11 is 0. The SMILES string of the molecule is CC(C)=C(c1ccncc1)c1ccc(-c2ccc(C)cc2)cc1. The summed E-state index contributed by atoms with van der Waals surface area (Å²) in [4.78, 5) is 4.12. The van der Waals surface area contributed by atoms with Crippen LogP contribution in [0.1, 0.15) is 30.5 Å². The highest BCUT2D eigenvalue weighted by Crippen LogP contribution is 2.28. The molecular formula is C22H21N. The Labute approximate surface area is 138 Å². The molecule has 0 amide bonds. The van der Waals surface area contributed by atoms with E-state index in [-0.39, 0.29) is 0 Å². The smallest absolute Gasteiger partial charge is 0.0273 e. The first-order valence-electron chi connectivity index (χ1n) is 7.90. The summed E-state index contributed by atoms with van der Waals surface area (Å²) in [5.41, 5.74) is 8.83. The Morgan fingerprint density at radius 1 is 0.652 bits per heavy atom. The van der Waals surface area contributed by atoms with E-state index in [9.17, 15) is 0 Å². The minimum atomic E-state index is 1.21. The summed E-state index contributed by atoms with van der Waals surface area (Å²) in [6.07, 6.45) is 3.69. The van der Waals surface area contributed by atoms with Crippen LogP contribution in [-0.4, -0.2) is 4.98 Å². The Kier molecular flexibility index (Phi) is 4.38. The normalized spacial score (nSPS) is 10.4. The molecule has 1 heteroatoms. The number of aromatic nitrogens is 1. The molecule has 0 atom stereocenters. The summed E-state index contributed by atoms with van der Waals surface area (Å²) in [6.45, 7) is 6.43. The van der Waals surface area contributed by atoms with Crippen molar-refractivity contribution >= 4 is 5.57 Å². The van der Waals surface area contributed by atoms with Crippen LogP contribution in [0.4, 0.5) is 0 Å². The topological polar surface area (TPSA) is 12.9 Å². The number of hydrogen-bond donors (Lipinski definition) is 0. The second-order valence-electron chi connectivity index (χ2n) is 6.05. The van der Waals surface area contributed by atoms with Gasteiger partial charge in [0.2, 0.25) is 0 Å². The standard InChI is InChI=1S/C22H21N/c1-16(2)22(21-12-14-23-15-13-21)20-10-8-19(9-11-20)18-6-4-17(3)5-7-18/h4-15H,1-3H3. The maximum Gasteiger partial charge on any atom is 0.0273 e. The molecule has 0 radical (unpaired) electrons. The van der Waals surface area contributed by atoms with Crippen LogP contribution < -0.4 is 0 Å². The van der Waals surface area contributed by atoms with Gasteiger partial charge in [-0.15, -0.1) is 0 Å². The van der Waals surface area contributed by atoms with Gasteiger partial charge in [-0.25, -0.2) is 0 Å². The fraction of sp³-hybridized carbons (Fsp3) is 0.136. The quantitative estimate of drug-likeness (QED) is 0.587. The van der Waals surface area contributed by atoms with E-state index in [0.717, 1.165) is 0 Å². The maximum absolute atomic E-state index is 4.12. The first kappa shape index (κ1) is 15.2. The zero-order valence-electron chi connectivity index (χ0n) is 13.9. The predicted molar refractivity (Wildman–Crippen MR) is 98.2 cm³/mol. The summed E-state index contributed by atoms with van der Waals surface area (Å²) in [5, 5.41) is 0. The summed E-state index contributed by atoms with van der Waals surface area (Å²) in [5.74, 6) is 0. The Balaban J connectivity index is 1.98. The summed E-state index contributed by atoms with van der Waals surface area (Å²) in [7, 11) is 0. The van der Waals surface area contributed by atoms with Crippen molar-refractivity contribution in [3.8, 4) is 11.1 Å². The van der Waals surface area contributed by atoms with Crippen molar-refractivity contribution in [2.75, 3.05) is 0 Å². The molecule has 0 unspecified atom stereocenters. The molecule has 1 heterocycles. The Hall–Kier alpha value is -2.67. The van der Waals surface area contributed by atoms with Gasteiger partial charge in [-0.1, -0.05) is 59.7 Å². The van der Waals surface area contributed by atoms with Crippen LogP contribution in [0.5, 0.6) is 0 Å². The number of allylic oxidation sites excluding steroid dienone is 1. The van der Waals surface area contributed by atoms with E-state index < -0.39 is 0 Å². The molecule has 0 aliphatic heterocycles. The van der Waals surface area contributed by atoms with Crippen LogP contribution in [-0.2, 0) is 0 Å². The third-order valence-corrected chi connectivity index (χ3v) is 4.03. The van der Waals surface area contributed by atoms with Crippen molar-refractivity contribution in [3.63, 3.8) is 0 Å². The van der Waals surface area contributed by atoms with E-state index in [4.69, 9.17) is 0 Å². The molecular weight excluding hydrogens is 278 g/mol. The van der Waals surface area contributed by atoms with Crippen molar-refractivity contribution in [1.82, 2.24) is 4.98 Å². The molecule has 0 bridgehead atoms. The van der Waals surface area contributed by atoms with Crippen LogP contribution in [0.2, 0.25) is 0 Å². The predicted octanol–water partition coefficient (Wildman–Crippen LogP) is 5.90. The van der Waals surface area contributed by atoms with Crippen molar-refractivity contribution in [2.24, 2.45) is 0 Å². The maximum atomic E-state index is 4.12. The molecule has 3 rings (SSSR count). The largest absolute Gasteiger partial charge is 0.265 e. The van der Waals surface area contributed by atoms with Crippen LogP contribution in [0.3, 0.4) is 0 Å². The lowest BCUT2D eigenvalue weighted by atomic mass is 9.93. The zero-order valence-corrected chi connectivity index (χ0v) is 13.9. The molecule has 23 heavy (non-hydrogen) atoms. The molecule has 0 aliphatic carbocycles. The highest BCUT2D eigenvalue weighted by Gasteiger charge is 2.07. The van der Waals surface area contributed by atoms with Crippen LogP contribution >= 0.6 is 0 Å². The molecule has 1 aromatic heterocycles. The molecule has 0 fully saturated rings. The van der Waals surface area contributed by atoms with Gasteiger partial charge < -0.3 is 0 Å². The minimum Gasteiger partial charge on any atom is -0.265 e.